The first-order chi connectivity index (χ1) is 14.5. The monoisotopic (exact) mass is 412 g/mol. The number of alkyl carbamates (subject to hydrolysis) is 1. The van der Waals surface area contributed by atoms with Crippen molar-refractivity contribution in [3.8, 4) is 11.1 Å². The molecular formula is C23H28N2O5. The first-order valence-corrected chi connectivity index (χ1v) is 10.2. The second-order valence-electron chi connectivity index (χ2n) is 7.45. The lowest BCUT2D eigenvalue weighted by atomic mass is 9.98. The normalized spacial score (nSPS) is 14.4. The van der Waals surface area contributed by atoms with E-state index in [0.717, 1.165) is 11.1 Å². The Labute approximate surface area is 176 Å². The minimum atomic E-state index is -0.835. The summed E-state index contributed by atoms with van der Waals surface area (Å²) in [6, 6.07) is 15.6. The maximum Gasteiger partial charge on any atom is 0.407 e. The number of aliphatic hydroxyl groups is 2. The standard InChI is InChI=1S/C23H28N2O5/c1-15(27)21(13-26)25-22(28)11-6-12-24-23(29)30-14-20-18-9-4-2-7-16(18)17-8-3-5-10-19(17)20/h2-5,7-10,15,20-21,26-27H,6,11-14H2,1H3,(H,24,29)(H,25,28)/t15-,21-/m1/s1. The lowest BCUT2D eigenvalue weighted by molar-refractivity contribution is -0.123. The summed E-state index contributed by atoms with van der Waals surface area (Å²) in [7, 11) is 0. The van der Waals surface area contributed by atoms with Crippen LogP contribution in [0.4, 0.5) is 4.79 Å². The molecule has 0 aromatic heterocycles. The summed E-state index contributed by atoms with van der Waals surface area (Å²) in [4.78, 5) is 23.9. The minimum absolute atomic E-state index is 0.00446. The molecule has 0 fully saturated rings. The van der Waals surface area contributed by atoms with Gasteiger partial charge in [-0.2, -0.15) is 0 Å². The van der Waals surface area contributed by atoms with Gasteiger partial charge in [0.1, 0.15) is 6.61 Å². The second-order valence-corrected chi connectivity index (χ2v) is 7.45. The summed E-state index contributed by atoms with van der Waals surface area (Å²) < 4.78 is 5.44. The quantitative estimate of drug-likeness (QED) is 0.472. The van der Waals surface area contributed by atoms with Crippen molar-refractivity contribution >= 4 is 12.0 Å². The molecule has 7 heteroatoms. The molecule has 0 spiro atoms. The van der Waals surface area contributed by atoms with Gasteiger partial charge in [0.2, 0.25) is 5.91 Å². The van der Waals surface area contributed by atoms with Crippen LogP contribution in [-0.4, -0.2) is 54.1 Å². The number of fused-ring (bicyclic) bond motifs is 3. The molecule has 0 unspecified atom stereocenters. The van der Waals surface area contributed by atoms with E-state index in [1.54, 1.807) is 0 Å². The van der Waals surface area contributed by atoms with Crippen LogP contribution < -0.4 is 10.6 Å². The van der Waals surface area contributed by atoms with Crippen LogP contribution in [0.2, 0.25) is 0 Å². The number of hydrogen-bond acceptors (Lipinski definition) is 5. The molecule has 1 aliphatic rings. The van der Waals surface area contributed by atoms with Crippen molar-refractivity contribution in [2.75, 3.05) is 19.8 Å². The number of carbonyl (C=O) groups is 2. The fourth-order valence-corrected chi connectivity index (χ4v) is 3.69. The van der Waals surface area contributed by atoms with Crippen LogP contribution >= 0.6 is 0 Å². The van der Waals surface area contributed by atoms with Gasteiger partial charge in [-0.1, -0.05) is 48.5 Å². The zero-order valence-electron chi connectivity index (χ0n) is 17.0. The van der Waals surface area contributed by atoms with E-state index in [2.05, 4.69) is 34.9 Å². The van der Waals surface area contributed by atoms with Crippen LogP contribution in [0.25, 0.3) is 11.1 Å². The molecule has 0 saturated carbocycles. The van der Waals surface area contributed by atoms with Gasteiger partial charge in [0.05, 0.1) is 18.8 Å². The number of hydrogen-bond donors (Lipinski definition) is 4. The van der Waals surface area contributed by atoms with E-state index in [9.17, 15) is 14.7 Å². The van der Waals surface area contributed by atoms with E-state index < -0.39 is 18.2 Å². The average Bonchev–Trinajstić information content (AvgIpc) is 3.07. The highest BCUT2D eigenvalue weighted by Crippen LogP contribution is 2.44. The number of ether oxygens (including phenoxy) is 1. The molecule has 3 rings (SSSR count). The van der Waals surface area contributed by atoms with Gasteiger partial charge < -0.3 is 25.6 Å². The molecule has 0 saturated heterocycles. The van der Waals surface area contributed by atoms with Crippen LogP contribution in [-0.2, 0) is 9.53 Å². The summed E-state index contributed by atoms with van der Waals surface area (Å²) in [6.07, 6.45) is -0.756. The van der Waals surface area contributed by atoms with Gasteiger partial charge >= 0.3 is 6.09 Å². The molecule has 1 aliphatic carbocycles. The SMILES string of the molecule is C[C@@H](O)[C@@H](CO)NC(=O)CCCNC(=O)OCC1c2ccccc2-c2ccccc21. The van der Waals surface area contributed by atoms with Crippen molar-refractivity contribution in [3.05, 3.63) is 59.7 Å². The summed E-state index contributed by atoms with van der Waals surface area (Å²) in [5, 5.41) is 23.8. The fourth-order valence-electron chi connectivity index (χ4n) is 3.69. The predicted molar refractivity (Wildman–Crippen MR) is 113 cm³/mol. The van der Waals surface area contributed by atoms with E-state index in [1.807, 2.05) is 24.3 Å². The summed E-state index contributed by atoms with van der Waals surface area (Å²) in [5.74, 6) is -0.283. The lowest BCUT2D eigenvalue weighted by Crippen LogP contribution is -2.44. The molecule has 2 atom stereocenters. The van der Waals surface area contributed by atoms with Crippen molar-refractivity contribution < 1.29 is 24.5 Å². The maximum atomic E-state index is 12.1. The highest BCUT2D eigenvalue weighted by Gasteiger charge is 2.28. The molecule has 0 aliphatic heterocycles. The van der Waals surface area contributed by atoms with Gasteiger partial charge in [-0.3, -0.25) is 4.79 Å². The lowest BCUT2D eigenvalue weighted by Gasteiger charge is -2.18. The predicted octanol–water partition coefficient (Wildman–Crippen LogP) is 2.16. The Morgan fingerprint density at radius 1 is 1.07 bits per heavy atom. The van der Waals surface area contributed by atoms with E-state index in [0.29, 0.717) is 13.0 Å². The smallest absolute Gasteiger partial charge is 0.407 e. The number of amides is 2. The maximum absolute atomic E-state index is 12.1. The van der Waals surface area contributed by atoms with Crippen LogP contribution in [0.1, 0.15) is 36.8 Å². The van der Waals surface area contributed by atoms with Crippen molar-refractivity contribution in [2.45, 2.75) is 37.8 Å². The number of benzene rings is 2. The molecule has 4 N–H and O–H groups in total. The third kappa shape index (κ3) is 5.17. The number of rotatable bonds is 9. The van der Waals surface area contributed by atoms with Crippen LogP contribution in [0, 0.1) is 0 Å². The first kappa shape index (κ1) is 21.8. The van der Waals surface area contributed by atoms with Gasteiger partial charge in [0, 0.05) is 18.9 Å². The van der Waals surface area contributed by atoms with Crippen molar-refractivity contribution in [3.63, 3.8) is 0 Å². The van der Waals surface area contributed by atoms with Crippen molar-refractivity contribution in [1.82, 2.24) is 10.6 Å². The van der Waals surface area contributed by atoms with Crippen molar-refractivity contribution in [2.24, 2.45) is 0 Å². The Morgan fingerprint density at radius 3 is 2.23 bits per heavy atom. The van der Waals surface area contributed by atoms with Gasteiger partial charge in [-0.15, -0.1) is 0 Å². The van der Waals surface area contributed by atoms with Crippen LogP contribution in [0.3, 0.4) is 0 Å². The summed E-state index contributed by atoms with van der Waals surface area (Å²) in [5.41, 5.74) is 4.65. The molecule has 0 radical (unpaired) electrons. The molecule has 30 heavy (non-hydrogen) atoms. The Balaban J connectivity index is 1.43. The third-order valence-electron chi connectivity index (χ3n) is 5.32. The molecule has 2 aromatic rings. The van der Waals surface area contributed by atoms with E-state index >= 15 is 0 Å². The van der Waals surface area contributed by atoms with Crippen LogP contribution in [0.15, 0.2) is 48.5 Å². The number of nitrogens with one attached hydrogen (secondary N) is 2. The van der Waals surface area contributed by atoms with Crippen LogP contribution in [0.5, 0.6) is 0 Å². The zero-order chi connectivity index (χ0) is 21.5. The van der Waals surface area contributed by atoms with Gasteiger partial charge in [-0.05, 0) is 35.6 Å². The van der Waals surface area contributed by atoms with Crippen molar-refractivity contribution in [1.29, 1.82) is 0 Å². The Kier molecular flexibility index (Phi) is 7.43. The molecule has 0 bridgehead atoms. The summed E-state index contributed by atoms with van der Waals surface area (Å²) >= 11 is 0. The number of carbonyl (C=O) groups excluding carboxylic acids is 2. The average molecular weight is 412 g/mol. The van der Waals surface area contributed by atoms with Gasteiger partial charge in [0.25, 0.3) is 0 Å². The molecule has 160 valence electrons. The highest BCUT2D eigenvalue weighted by atomic mass is 16.5. The first-order valence-electron chi connectivity index (χ1n) is 10.2. The number of aliphatic hydroxyl groups excluding tert-OH is 2. The topological polar surface area (TPSA) is 108 Å². The second kappa shape index (κ2) is 10.2. The zero-order valence-corrected chi connectivity index (χ0v) is 17.0. The third-order valence-corrected chi connectivity index (χ3v) is 5.32. The molecular weight excluding hydrogens is 384 g/mol. The Morgan fingerprint density at radius 2 is 1.67 bits per heavy atom. The largest absolute Gasteiger partial charge is 0.449 e. The molecule has 2 aromatic carbocycles. The highest BCUT2D eigenvalue weighted by molar-refractivity contribution is 5.79. The van der Waals surface area contributed by atoms with E-state index in [1.165, 1.54) is 18.1 Å². The fraction of sp³-hybridized carbons (Fsp3) is 0.391. The molecule has 0 heterocycles. The Hall–Kier alpha value is -2.90. The summed E-state index contributed by atoms with van der Waals surface area (Å²) in [6.45, 7) is 1.71. The molecule has 7 nitrogen and oxygen atoms in total. The Bertz CT molecular complexity index is 838. The van der Waals surface area contributed by atoms with E-state index in [-0.39, 0.29) is 31.5 Å². The van der Waals surface area contributed by atoms with E-state index in [4.69, 9.17) is 9.84 Å². The molecule has 2 amide bonds. The van der Waals surface area contributed by atoms with Gasteiger partial charge in [0.15, 0.2) is 0 Å². The van der Waals surface area contributed by atoms with Gasteiger partial charge in [-0.25, -0.2) is 4.79 Å². The minimum Gasteiger partial charge on any atom is -0.449 e.